The first-order chi connectivity index (χ1) is 7.17. The lowest BCUT2D eigenvalue weighted by atomic mass is 10.2. The number of alkyl halides is 2. The topological polar surface area (TPSA) is 18.5 Å². The zero-order valence-electron chi connectivity index (χ0n) is 8.37. The van der Waals surface area contributed by atoms with Gasteiger partial charge in [-0.2, -0.15) is 8.78 Å². The van der Waals surface area contributed by atoms with Crippen molar-refractivity contribution < 1.29 is 18.3 Å². The molecule has 0 fully saturated rings. The molecule has 1 aromatic carbocycles. The number of hydrogen-bond acceptors (Lipinski definition) is 2. The molecule has 0 aliphatic heterocycles. The number of ether oxygens (including phenoxy) is 2. The molecule has 0 aliphatic rings. The maximum absolute atomic E-state index is 12.0. The second kappa shape index (κ2) is 5.34. The van der Waals surface area contributed by atoms with Crippen molar-refractivity contribution in [3.05, 3.63) is 30.3 Å². The highest BCUT2D eigenvalue weighted by Gasteiger charge is 2.08. The highest BCUT2D eigenvalue weighted by Crippen LogP contribution is 2.26. The van der Waals surface area contributed by atoms with Crippen molar-refractivity contribution >= 4 is 6.08 Å². The molecular weight excluding hydrogens is 202 g/mol. The number of benzene rings is 1. The first-order valence-electron chi connectivity index (χ1n) is 4.51. The van der Waals surface area contributed by atoms with Crippen LogP contribution in [0.3, 0.4) is 0 Å². The molecule has 0 bridgehead atoms. The lowest BCUT2D eigenvalue weighted by molar-refractivity contribution is -0.0500. The monoisotopic (exact) mass is 214 g/mol. The third-order valence-corrected chi connectivity index (χ3v) is 1.73. The van der Waals surface area contributed by atoms with Gasteiger partial charge >= 0.3 is 6.61 Å². The summed E-state index contributed by atoms with van der Waals surface area (Å²) in [5.41, 5.74) is 0.487. The van der Waals surface area contributed by atoms with Crippen LogP contribution in [-0.4, -0.2) is 13.2 Å². The Kier molecular flexibility index (Phi) is 4.09. The SMILES string of the molecule is C=Cc1cc(OCC)ccc1OC(F)F. The van der Waals surface area contributed by atoms with Gasteiger partial charge < -0.3 is 9.47 Å². The summed E-state index contributed by atoms with van der Waals surface area (Å²) in [5, 5.41) is 0. The zero-order chi connectivity index (χ0) is 11.3. The van der Waals surface area contributed by atoms with E-state index in [4.69, 9.17) is 4.74 Å². The van der Waals surface area contributed by atoms with E-state index >= 15 is 0 Å². The van der Waals surface area contributed by atoms with Crippen LogP contribution in [0.5, 0.6) is 11.5 Å². The molecule has 0 atom stereocenters. The van der Waals surface area contributed by atoms with E-state index in [0.717, 1.165) is 0 Å². The molecule has 0 unspecified atom stereocenters. The lowest BCUT2D eigenvalue weighted by Crippen LogP contribution is -2.03. The van der Waals surface area contributed by atoms with Crippen LogP contribution in [0.25, 0.3) is 6.08 Å². The summed E-state index contributed by atoms with van der Waals surface area (Å²) < 4.78 is 33.5. The minimum atomic E-state index is -2.83. The van der Waals surface area contributed by atoms with E-state index in [-0.39, 0.29) is 5.75 Å². The van der Waals surface area contributed by atoms with E-state index in [1.807, 2.05) is 6.92 Å². The van der Waals surface area contributed by atoms with E-state index < -0.39 is 6.61 Å². The van der Waals surface area contributed by atoms with Gasteiger partial charge in [-0.1, -0.05) is 12.7 Å². The molecule has 0 aliphatic carbocycles. The Balaban J connectivity index is 2.93. The van der Waals surface area contributed by atoms with Crippen molar-refractivity contribution in [3.8, 4) is 11.5 Å². The fraction of sp³-hybridized carbons (Fsp3) is 0.273. The van der Waals surface area contributed by atoms with Crippen LogP contribution < -0.4 is 9.47 Å². The standard InChI is InChI=1S/C11H12F2O2/c1-3-8-7-9(14-4-2)5-6-10(8)15-11(12)13/h3,5-7,11H,1,4H2,2H3. The highest BCUT2D eigenvalue weighted by atomic mass is 19.3. The average Bonchev–Trinajstić information content (AvgIpc) is 2.20. The van der Waals surface area contributed by atoms with E-state index in [1.165, 1.54) is 12.1 Å². The van der Waals surface area contributed by atoms with Crippen molar-refractivity contribution in [2.45, 2.75) is 13.5 Å². The summed E-state index contributed by atoms with van der Waals surface area (Å²) in [4.78, 5) is 0. The molecule has 0 heterocycles. The van der Waals surface area contributed by atoms with Gasteiger partial charge in [0.05, 0.1) is 6.61 Å². The van der Waals surface area contributed by atoms with Crippen LogP contribution in [-0.2, 0) is 0 Å². The second-order valence-electron chi connectivity index (χ2n) is 2.72. The molecule has 1 aromatic rings. The number of halogens is 2. The Morgan fingerprint density at radius 2 is 2.20 bits per heavy atom. The van der Waals surface area contributed by atoms with E-state index in [1.54, 1.807) is 12.1 Å². The molecule has 0 radical (unpaired) electrons. The van der Waals surface area contributed by atoms with E-state index in [9.17, 15) is 8.78 Å². The fourth-order valence-electron chi connectivity index (χ4n) is 1.15. The first-order valence-corrected chi connectivity index (χ1v) is 4.51. The van der Waals surface area contributed by atoms with Crippen molar-refractivity contribution in [1.29, 1.82) is 0 Å². The van der Waals surface area contributed by atoms with E-state index in [0.29, 0.717) is 17.9 Å². The van der Waals surface area contributed by atoms with Crippen molar-refractivity contribution in [2.75, 3.05) is 6.61 Å². The van der Waals surface area contributed by atoms with Crippen LogP contribution in [0.2, 0.25) is 0 Å². The molecule has 1 rings (SSSR count). The third kappa shape index (κ3) is 3.23. The zero-order valence-corrected chi connectivity index (χ0v) is 8.37. The van der Waals surface area contributed by atoms with Crippen molar-refractivity contribution in [1.82, 2.24) is 0 Å². The average molecular weight is 214 g/mol. The largest absolute Gasteiger partial charge is 0.494 e. The predicted molar refractivity (Wildman–Crippen MR) is 54.3 cm³/mol. The normalized spacial score (nSPS) is 10.1. The van der Waals surface area contributed by atoms with Crippen LogP contribution in [0.1, 0.15) is 12.5 Å². The Hall–Kier alpha value is -1.58. The van der Waals surface area contributed by atoms with Gasteiger partial charge in [0.15, 0.2) is 0 Å². The fourth-order valence-corrected chi connectivity index (χ4v) is 1.15. The molecular formula is C11H12F2O2. The minimum Gasteiger partial charge on any atom is -0.494 e. The molecule has 82 valence electrons. The Labute approximate surface area is 87.1 Å². The molecule has 2 nitrogen and oxygen atoms in total. The van der Waals surface area contributed by atoms with Gasteiger partial charge in [0, 0.05) is 5.56 Å². The minimum absolute atomic E-state index is 0.100. The van der Waals surface area contributed by atoms with Crippen LogP contribution in [0, 0.1) is 0 Å². The molecule has 0 saturated carbocycles. The van der Waals surface area contributed by atoms with Crippen LogP contribution >= 0.6 is 0 Å². The molecule has 0 saturated heterocycles. The molecule has 15 heavy (non-hydrogen) atoms. The second-order valence-corrected chi connectivity index (χ2v) is 2.72. The highest BCUT2D eigenvalue weighted by molar-refractivity contribution is 5.58. The Morgan fingerprint density at radius 1 is 1.47 bits per heavy atom. The summed E-state index contributed by atoms with van der Waals surface area (Å²) in [6, 6.07) is 4.62. The maximum Gasteiger partial charge on any atom is 0.387 e. The lowest BCUT2D eigenvalue weighted by Gasteiger charge is -2.10. The van der Waals surface area contributed by atoms with Gasteiger partial charge in [-0.25, -0.2) is 0 Å². The van der Waals surface area contributed by atoms with E-state index in [2.05, 4.69) is 11.3 Å². The molecule has 0 amide bonds. The summed E-state index contributed by atoms with van der Waals surface area (Å²) in [5.74, 6) is 0.706. The van der Waals surface area contributed by atoms with Crippen LogP contribution in [0.4, 0.5) is 8.78 Å². The van der Waals surface area contributed by atoms with Gasteiger partial charge in [-0.05, 0) is 25.1 Å². The smallest absolute Gasteiger partial charge is 0.387 e. The summed E-state index contributed by atoms with van der Waals surface area (Å²) in [6.07, 6.45) is 1.44. The summed E-state index contributed by atoms with van der Waals surface area (Å²) >= 11 is 0. The summed E-state index contributed by atoms with van der Waals surface area (Å²) in [6.45, 7) is 3.05. The van der Waals surface area contributed by atoms with Gasteiger partial charge in [0.25, 0.3) is 0 Å². The van der Waals surface area contributed by atoms with Crippen LogP contribution in [0.15, 0.2) is 24.8 Å². The quantitative estimate of drug-likeness (QED) is 0.748. The maximum atomic E-state index is 12.0. The van der Waals surface area contributed by atoms with Crippen molar-refractivity contribution in [3.63, 3.8) is 0 Å². The molecule has 0 aromatic heterocycles. The number of hydrogen-bond donors (Lipinski definition) is 0. The molecule has 4 heteroatoms. The van der Waals surface area contributed by atoms with Gasteiger partial charge in [-0.15, -0.1) is 0 Å². The summed E-state index contributed by atoms with van der Waals surface area (Å²) in [7, 11) is 0. The molecule has 0 N–H and O–H groups in total. The molecule has 0 spiro atoms. The predicted octanol–water partition coefficient (Wildman–Crippen LogP) is 3.33. The van der Waals surface area contributed by atoms with Gasteiger partial charge in [-0.3, -0.25) is 0 Å². The van der Waals surface area contributed by atoms with Crippen molar-refractivity contribution in [2.24, 2.45) is 0 Å². The Morgan fingerprint density at radius 3 is 2.73 bits per heavy atom. The van der Waals surface area contributed by atoms with Gasteiger partial charge in [0.1, 0.15) is 11.5 Å². The van der Waals surface area contributed by atoms with Gasteiger partial charge in [0.2, 0.25) is 0 Å². The first kappa shape index (κ1) is 11.5. The third-order valence-electron chi connectivity index (χ3n) is 1.73. The number of rotatable bonds is 5. The Bertz CT molecular complexity index is 337.